The molecule has 0 radical (unpaired) electrons. The SMILES string of the molecule is COc1ccc(CCNC(=S)NNC(=S)NC2CC2)cc1OC. The van der Waals surface area contributed by atoms with Crippen molar-refractivity contribution in [3.63, 3.8) is 0 Å². The quantitative estimate of drug-likeness (QED) is 0.450. The van der Waals surface area contributed by atoms with Gasteiger partial charge in [-0.15, -0.1) is 0 Å². The summed E-state index contributed by atoms with van der Waals surface area (Å²) >= 11 is 10.3. The van der Waals surface area contributed by atoms with Crippen LogP contribution in [0.1, 0.15) is 18.4 Å². The molecule has 0 aliphatic heterocycles. The summed E-state index contributed by atoms with van der Waals surface area (Å²) in [6.07, 6.45) is 3.17. The van der Waals surface area contributed by atoms with Crippen molar-refractivity contribution in [2.75, 3.05) is 20.8 Å². The molecule has 1 saturated carbocycles. The number of methoxy groups -OCH3 is 2. The molecule has 0 spiro atoms. The molecule has 0 amide bonds. The zero-order valence-corrected chi connectivity index (χ0v) is 14.9. The second-order valence-electron chi connectivity index (χ2n) is 5.19. The van der Waals surface area contributed by atoms with Crippen LogP contribution in [-0.4, -0.2) is 37.0 Å². The third kappa shape index (κ3) is 6.07. The first-order chi connectivity index (χ1) is 11.1. The van der Waals surface area contributed by atoms with Crippen molar-refractivity contribution in [3.8, 4) is 11.5 Å². The average Bonchev–Trinajstić information content (AvgIpc) is 3.36. The lowest BCUT2D eigenvalue weighted by atomic mass is 10.1. The smallest absolute Gasteiger partial charge is 0.185 e. The van der Waals surface area contributed by atoms with Crippen LogP contribution in [0.3, 0.4) is 0 Å². The molecule has 0 atom stereocenters. The van der Waals surface area contributed by atoms with Crippen LogP contribution in [0.15, 0.2) is 18.2 Å². The first kappa shape index (κ1) is 17.6. The third-order valence-corrected chi connectivity index (χ3v) is 3.82. The average molecular weight is 355 g/mol. The van der Waals surface area contributed by atoms with E-state index in [4.69, 9.17) is 33.9 Å². The van der Waals surface area contributed by atoms with Crippen LogP contribution >= 0.6 is 24.4 Å². The molecule has 0 aromatic heterocycles. The van der Waals surface area contributed by atoms with E-state index in [1.807, 2.05) is 18.2 Å². The Morgan fingerprint density at radius 1 is 1.09 bits per heavy atom. The second kappa shape index (κ2) is 8.73. The fourth-order valence-corrected chi connectivity index (χ4v) is 2.33. The van der Waals surface area contributed by atoms with Gasteiger partial charge in [0.1, 0.15) is 0 Å². The van der Waals surface area contributed by atoms with Gasteiger partial charge in [0.05, 0.1) is 14.2 Å². The minimum absolute atomic E-state index is 0.505. The van der Waals surface area contributed by atoms with Crippen LogP contribution in [0.25, 0.3) is 0 Å². The van der Waals surface area contributed by atoms with E-state index >= 15 is 0 Å². The molecule has 1 aromatic rings. The zero-order chi connectivity index (χ0) is 16.7. The molecule has 2 rings (SSSR count). The number of benzene rings is 1. The van der Waals surface area contributed by atoms with Crippen molar-refractivity contribution in [1.82, 2.24) is 21.5 Å². The minimum atomic E-state index is 0.505. The van der Waals surface area contributed by atoms with Gasteiger partial charge in [-0.05, 0) is 61.4 Å². The largest absolute Gasteiger partial charge is 0.493 e. The van der Waals surface area contributed by atoms with E-state index in [9.17, 15) is 0 Å². The Morgan fingerprint density at radius 3 is 2.43 bits per heavy atom. The van der Waals surface area contributed by atoms with E-state index in [-0.39, 0.29) is 0 Å². The van der Waals surface area contributed by atoms with Gasteiger partial charge in [-0.2, -0.15) is 0 Å². The van der Waals surface area contributed by atoms with Crippen LogP contribution < -0.4 is 31.0 Å². The van der Waals surface area contributed by atoms with Crippen molar-refractivity contribution in [3.05, 3.63) is 23.8 Å². The molecule has 126 valence electrons. The molecule has 0 saturated heterocycles. The summed E-state index contributed by atoms with van der Waals surface area (Å²) in [4.78, 5) is 0. The van der Waals surface area contributed by atoms with Gasteiger partial charge in [-0.1, -0.05) is 6.07 Å². The van der Waals surface area contributed by atoms with Gasteiger partial charge in [0.2, 0.25) is 0 Å². The van der Waals surface area contributed by atoms with Crippen LogP contribution in [0, 0.1) is 0 Å². The van der Waals surface area contributed by atoms with Crippen molar-refractivity contribution in [1.29, 1.82) is 0 Å². The predicted molar refractivity (Wildman–Crippen MR) is 98.9 cm³/mol. The highest BCUT2D eigenvalue weighted by molar-refractivity contribution is 7.80. The number of hydrogen-bond acceptors (Lipinski definition) is 4. The summed E-state index contributed by atoms with van der Waals surface area (Å²) in [6, 6.07) is 6.38. The Morgan fingerprint density at radius 2 is 1.78 bits per heavy atom. The number of thiocarbonyl (C=S) groups is 2. The van der Waals surface area contributed by atoms with Crippen LogP contribution in [-0.2, 0) is 6.42 Å². The summed E-state index contributed by atoms with van der Waals surface area (Å²) in [6.45, 7) is 0.700. The number of rotatable bonds is 6. The molecule has 6 nitrogen and oxygen atoms in total. The Kier molecular flexibility index (Phi) is 6.66. The van der Waals surface area contributed by atoms with E-state index in [1.54, 1.807) is 14.2 Å². The van der Waals surface area contributed by atoms with Gasteiger partial charge in [0, 0.05) is 12.6 Å². The summed E-state index contributed by atoms with van der Waals surface area (Å²) in [5, 5.41) is 7.35. The Bertz CT molecular complexity index is 564. The molecule has 0 heterocycles. The lowest BCUT2D eigenvalue weighted by Crippen LogP contribution is -2.50. The van der Waals surface area contributed by atoms with Gasteiger partial charge >= 0.3 is 0 Å². The van der Waals surface area contributed by atoms with Gasteiger partial charge in [-0.25, -0.2) is 0 Å². The maximum Gasteiger partial charge on any atom is 0.185 e. The van der Waals surface area contributed by atoms with Crippen LogP contribution in [0.2, 0.25) is 0 Å². The lowest BCUT2D eigenvalue weighted by molar-refractivity contribution is 0.354. The topological polar surface area (TPSA) is 66.6 Å². The monoisotopic (exact) mass is 354 g/mol. The normalized spacial score (nSPS) is 13.0. The fraction of sp³-hybridized carbons (Fsp3) is 0.467. The molecule has 4 N–H and O–H groups in total. The molecule has 0 bridgehead atoms. The highest BCUT2D eigenvalue weighted by Gasteiger charge is 2.21. The summed E-state index contributed by atoms with van der Waals surface area (Å²) in [7, 11) is 3.25. The predicted octanol–water partition coefficient (Wildman–Crippen LogP) is 1.25. The van der Waals surface area contributed by atoms with Crippen molar-refractivity contribution >= 4 is 34.7 Å². The molecule has 1 aromatic carbocycles. The zero-order valence-electron chi connectivity index (χ0n) is 13.3. The molecule has 1 aliphatic rings. The first-order valence-corrected chi connectivity index (χ1v) is 8.25. The Balaban J connectivity index is 1.67. The maximum atomic E-state index is 5.29. The number of nitrogens with one attached hydrogen (secondary N) is 4. The van der Waals surface area contributed by atoms with E-state index in [0.29, 0.717) is 22.8 Å². The van der Waals surface area contributed by atoms with Gasteiger partial charge < -0.3 is 20.1 Å². The fourth-order valence-electron chi connectivity index (χ4n) is 1.96. The van der Waals surface area contributed by atoms with Crippen LogP contribution in [0.5, 0.6) is 11.5 Å². The van der Waals surface area contributed by atoms with E-state index in [2.05, 4.69) is 21.5 Å². The summed E-state index contributed by atoms with van der Waals surface area (Å²) in [5.74, 6) is 1.45. The van der Waals surface area contributed by atoms with E-state index in [0.717, 1.165) is 23.5 Å². The molecule has 23 heavy (non-hydrogen) atoms. The molecular weight excluding hydrogens is 332 g/mol. The minimum Gasteiger partial charge on any atom is -0.493 e. The first-order valence-electron chi connectivity index (χ1n) is 7.43. The van der Waals surface area contributed by atoms with Crippen molar-refractivity contribution < 1.29 is 9.47 Å². The number of hydrogen-bond donors (Lipinski definition) is 4. The Hall–Kier alpha value is -1.80. The van der Waals surface area contributed by atoms with Gasteiger partial charge in [-0.3, -0.25) is 10.9 Å². The molecular formula is C15H22N4O2S2. The molecule has 0 unspecified atom stereocenters. The van der Waals surface area contributed by atoms with Gasteiger partial charge in [0.15, 0.2) is 21.7 Å². The molecule has 1 fully saturated rings. The van der Waals surface area contributed by atoms with Crippen LogP contribution in [0.4, 0.5) is 0 Å². The standard InChI is InChI=1S/C15H22N4O2S2/c1-20-12-6-3-10(9-13(12)21-2)7-8-16-14(22)18-19-15(23)17-11-4-5-11/h3,6,9,11H,4-5,7-8H2,1-2H3,(H2,16,18,22)(H2,17,19,23). The molecule has 8 heteroatoms. The summed E-state index contributed by atoms with van der Waals surface area (Å²) < 4.78 is 10.5. The number of hydrazine groups is 1. The van der Waals surface area contributed by atoms with E-state index < -0.39 is 0 Å². The maximum absolute atomic E-state index is 5.29. The summed E-state index contributed by atoms with van der Waals surface area (Å²) in [5.41, 5.74) is 6.87. The van der Waals surface area contributed by atoms with Crippen molar-refractivity contribution in [2.24, 2.45) is 0 Å². The second-order valence-corrected chi connectivity index (χ2v) is 6.01. The number of ether oxygens (including phenoxy) is 2. The highest BCUT2D eigenvalue weighted by atomic mass is 32.1. The van der Waals surface area contributed by atoms with E-state index in [1.165, 1.54) is 12.8 Å². The molecule has 1 aliphatic carbocycles. The van der Waals surface area contributed by atoms with Crippen molar-refractivity contribution in [2.45, 2.75) is 25.3 Å². The van der Waals surface area contributed by atoms with Gasteiger partial charge in [0.25, 0.3) is 0 Å². The Labute approximate surface area is 147 Å². The lowest BCUT2D eigenvalue weighted by Gasteiger charge is -2.14. The highest BCUT2D eigenvalue weighted by Crippen LogP contribution is 2.27. The third-order valence-electron chi connectivity index (χ3n) is 3.35.